The molecule has 116 valence electrons. The molecule has 6 nitrogen and oxygen atoms in total. The van der Waals surface area contributed by atoms with Crippen LogP contribution in [-0.2, 0) is 4.74 Å². The van der Waals surface area contributed by atoms with Crippen LogP contribution in [0.5, 0.6) is 5.75 Å². The van der Waals surface area contributed by atoms with Crippen LogP contribution in [0.1, 0.15) is 23.2 Å². The lowest BCUT2D eigenvalue weighted by atomic mass is 10.2. The summed E-state index contributed by atoms with van der Waals surface area (Å²) in [6.45, 7) is 3.27. The molecule has 0 saturated carbocycles. The van der Waals surface area contributed by atoms with Crippen molar-refractivity contribution in [3.05, 3.63) is 29.8 Å². The molecule has 0 aromatic heterocycles. The lowest BCUT2D eigenvalue weighted by molar-refractivity contribution is 0.0771. The second-order valence-electron chi connectivity index (χ2n) is 5.24. The van der Waals surface area contributed by atoms with Crippen LogP contribution >= 0.6 is 0 Å². The van der Waals surface area contributed by atoms with E-state index in [-0.39, 0.29) is 5.91 Å². The normalized spacial score (nSPS) is 18.0. The lowest BCUT2D eigenvalue weighted by Gasteiger charge is -2.20. The number of amides is 1. The molecule has 0 bridgehead atoms. The molecular weight excluding hydrogens is 270 g/mol. The summed E-state index contributed by atoms with van der Waals surface area (Å²) in [5.74, 6) is 5.51. The van der Waals surface area contributed by atoms with Crippen molar-refractivity contribution in [2.24, 2.45) is 5.84 Å². The number of ether oxygens (including phenoxy) is 2. The first-order valence-electron chi connectivity index (χ1n) is 7.23. The number of likely N-dealkylation sites (N-methyl/N-ethyl adjacent to an activating group) is 1. The quantitative estimate of drug-likeness (QED) is 0.441. The van der Waals surface area contributed by atoms with E-state index in [0.29, 0.717) is 18.3 Å². The Morgan fingerprint density at radius 3 is 2.86 bits per heavy atom. The van der Waals surface area contributed by atoms with Gasteiger partial charge in [-0.25, -0.2) is 5.84 Å². The maximum Gasteiger partial charge on any atom is 0.265 e. The molecule has 1 fully saturated rings. The number of nitrogens with one attached hydrogen (secondary N) is 1. The van der Waals surface area contributed by atoms with Gasteiger partial charge in [-0.1, -0.05) is 0 Å². The molecule has 1 aliphatic rings. The summed E-state index contributed by atoms with van der Waals surface area (Å²) in [4.78, 5) is 13.5. The van der Waals surface area contributed by atoms with Crippen molar-refractivity contribution in [3.63, 3.8) is 0 Å². The van der Waals surface area contributed by atoms with Gasteiger partial charge in [0, 0.05) is 25.3 Å². The first kappa shape index (κ1) is 15.8. The molecule has 1 saturated heterocycles. The van der Waals surface area contributed by atoms with E-state index in [1.165, 1.54) is 0 Å². The van der Waals surface area contributed by atoms with E-state index in [4.69, 9.17) is 15.3 Å². The molecular formula is C15H23N3O3. The third-order valence-corrected chi connectivity index (χ3v) is 3.53. The largest absolute Gasteiger partial charge is 0.492 e. The number of benzene rings is 1. The highest BCUT2D eigenvalue weighted by atomic mass is 16.5. The highest BCUT2D eigenvalue weighted by molar-refractivity contribution is 5.93. The zero-order valence-corrected chi connectivity index (χ0v) is 12.4. The Hall–Kier alpha value is -1.63. The summed E-state index contributed by atoms with van der Waals surface area (Å²) in [7, 11) is 2.07. The Balaban J connectivity index is 1.69. The highest BCUT2D eigenvalue weighted by Crippen LogP contribution is 2.14. The number of nitrogens with two attached hydrogens (primary N) is 1. The second-order valence-corrected chi connectivity index (χ2v) is 5.24. The summed E-state index contributed by atoms with van der Waals surface area (Å²) in [6, 6.07) is 6.91. The molecule has 0 aliphatic carbocycles. The highest BCUT2D eigenvalue weighted by Gasteiger charge is 2.17. The number of hydrogen-bond donors (Lipinski definition) is 2. The van der Waals surface area contributed by atoms with E-state index in [9.17, 15) is 4.79 Å². The number of rotatable bonds is 7. The molecule has 6 heteroatoms. The summed E-state index contributed by atoms with van der Waals surface area (Å²) in [5.41, 5.74) is 2.61. The monoisotopic (exact) mass is 293 g/mol. The van der Waals surface area contributed by atoms with Gasteiger partial charge in [0.2, 0.25) is 0 Å². The number of hydrogen-bond acceptors (Lipinski definition) is 5. The van der Waals surface area contributed by atoms with Gasteiger partial charge in [-0.15, -0.1) is 0 Å². The summed E-state index contributed by atoms with van der Waals surface area (Å²) in [6.07, 6.45) is 2.68. The molecule has 1 aromatic carbocycles. The van der Waals surface area contributed by atoms with Crippen LogP contribution in [0, 0.1) is 0 Å². The predicted molar refractivity (Wildman–Crippen MR) is 80.1 cm³/mol. The van der Waals surface area contributed by atoms with Crippen LogP contribution in [0.4, 0.5) is 0 Å². The van der Waals surface area contributed by atoms with Crippen molar-refractivity contribution in [1.82, 2.24) is 10.3 Å². The summed E-state index contributed by atoms with van der Waals surface area (Å²) >= 11 is 0. The minimum Gasteiger partial charge on any atom is -0.492 e. The van der Waals surface area contributed by atoms with Crippen LogP contribution in [0.2, 0.25) is 0 Å². The maximum absolute atomic E-state index is 11.3. The van der Waals surface area contributed by atoms with Crippen LogP contribution < -0.4 is 16.0 Å². The van der Waals surface area contributed by atoms with Gasteiger partial charge in [0.15, 0.2) is 0 Å². The molecule has 1 aliphatic heterocycles. The lowest BCUT2D eigenvalue weighted by Crippen LogP contribution is -2.32. The number of nitrogen functional groups attached to an aromatic ring is 1. The van der Waals surface area contributed by atoms with E-state index >= 15 is 0 Å². The molecule has 1 heterocycles. The van der Waals surface area contributed by atoms with Gasteiger partial charge >= 0.3 is 0 Å². The minimum atomic E-state index is -0.308. The van der Waals surface area contributed by atoms with Crippen LogP contribution in [0.15, 0.2) is 24.3 Å². The predicted octanol–water partition coefficient (Wildman–Crippen LogP) is 0.780. The fourth-order valence-electron chi connectivity index (χ4n) is 2.33. The Bertz CT molecular complexity index is 444. The molecule has 1 atom stereocenters. The van der Waals surface area contributed by atoms with E-state index in [1.54, 1.807) is 24.3 Å². The summed E-state index contributed by atoms with van der Waals surface area (Å²) in [5, 5.41) is 0. The van der Waals surface area contributed by atoms with Gasteiger partial charge in [0.25, 0.3) is 5.91 Å². The average molecular weight is 293 g/mol. The zero-order chi connectivity index (χ0) is 15.1. The van der Waals surface area contributed by atoms with Crippen LogP contribution in [0.3, 0.4) is 0 Å². The van der Waals surface area contributed by atoms with E-state index in [2.05, 4.69) is 17.4 Å². The SMILES string of the molecule is CN(CCOc1ccc(C(=O)NN)cc1)CC1CCCO1. The van der Waals surface area contributed by atoms with Crippen molar-refractivity contribution in [1.29, 1.82) is 0 Å². The molecule has 1 unspecified atom stereocenters. The molecule has 0 radical (unpaired) electrons. The number of carbonyl (C=O) groups is 1. The minimum absolute atomic E-state index is 0.308. The van der Waals surface area contributed by atoms with Crippen molar-refractivity contribution >= 4 is 5.91 Å². The van der Waals surface area contributed by atoms with Gasteiger partial charge in [0.1, 0.15) is 12.4 Å². The maximum atomic E-state index is 11.3. The molecule has 3 N–H and O–H groups in total. The Morgan fingerprint density at radius 1 is 1.48 bits per heavy atom. The Kier molecular flexibility index (Phi) is 5.98. The fourth-order valence-corrected chi connectivity index (χ4v) is 2.33. The molecule has 0 spiro atoms. The van der Waals surface area contributed by atoms with Gasteiger partial charge in [-0.05, 0) is 44.2 Å². The smallest absolute Gasteiger partial charge is 0.265 e. The molecule has 1 amide bonds. The average Bonchev–Trinajstić information content (AvgIpc) is 3.00. The Labute approximate surface area is 125 Å². The van der Waals surface area contributed by atoms with Crippen molar-refractivity contribution < 1.29 is 14.3 Å². The van der Waals surface area contributed by atoms with Crippen LogP contribution in [0.25, 0.3) is 0 Å². The van der Waals surface area contributed by atoms with Crippen LogP contribution in [-0.4, -0.2) is 50.3 Å². The number of nitrogens with zero attached hydrogens (tertiary/aromatic N) is 1. The van der Waals surface area contributed by atoms with Crippen molar-refractivity contribution in [3.8, 4) is 5.75 Å². The first-order chi connectivity index (χ1) is 10.2. The molecule has 1 aromatic rings. The second kappa shape index (κ2) is 7.97. The number of hydrazine groups is 1. The van der Waals surface area contributed by atoms with Crippen molar-refractivity contribution in [2.75, 3.05) is 33.4 Å². The third kappa shape index (κ3) is 5.00. The fraction of sp³-hybridized carbons (Fsp3) is 0.533. The zero-order valence-electron chi connectivity index (χ0n) is 12.4. The molecule has 2 rings (SSSR count). The van der Waals surface area contributed by atoms with Gasteiger partial charge in [-0.2, -0.15) is 0 Å². The van der Waals surface area contributed by atoms with E-state index < -0.39 is 0 Å². The van der Waals surface area contributed by atoms with Crippen molar-refractivity contribution in [2.45, 2.75) is 18.9 Å². The van der Waals surface area contributed by atoms with E-state index in [0.717, 1.165) is 38.3 Å². The standard InChI is InChI=1S/C15H23N3O3/c1-18(11-14-3-2-9-20-14)8-10-21-13-6-4-12(5-7-13)15(19)17-16/h4-7,14H,2-3,8-11,16H2,1H3,(H,17,19). The number of carbonyl (C=O) groups excluding carboxylic acids is 1. The Morgan fingerprint density at radius 2 is 2.24 bits per heavy atom. The van der Waals surface area contributed by atoms with Gasteiger partial charge < -0.3 is 14.4 Å². The van der Waals surface area contributed by atoms with Gasteiger partial charge in [-0.3, -0.25) is 10.2 Å². The third-order valence-electron chi connectivity index (χ3n) is 3.53. The summed E-state index contributed by atoms with van der Waals surface area (Å²) < 4.78 is 11.3. The molecule has 21 heavy (non-hydrogen) atoms. The van der Waals surface area contributed by atoms with E-state index in [1.807, 2.05) is 0 Å². The first-order valence-corrected chi connectivity index (χ1v) is 7.23. The van der Waals surface area contributed by atoms with Gasteiger partial charge in [0.05, 0.1) is 6.10 Å². The topological polar surface area (TPSA) is 76.8 Å².